The predicted octanol–water partition coefficient (Wildman–Crippen LogP) is 4.04. The lowest BCUT2D eigenvalue weighted by Gasteiger charge is -2.65. The van der Waals surface area contributed by atoms with Crippen molar-refractivity contribution < 1.29 is 4.79 Å². The fourth-order valence-corrected chi connectivity index (χ4v) is 7.25. The van der Waals surface area contributed by atoms with Gasteiger partial charge < -0.3 is 0 Å². The molecule has 1 aliphatic heterocycles. The predicted molar refractivity (Wildman–Crippen MR) is 85.1 cm³/mol. The number of piperidine rings is 1. The maximum Gasteiger partial charge on any atom is 0.153 e. The zero-order chi connectivity index (χ0) is 14.7. The van der Waals surface area contributed by atoms with E-state index < -0.39 is 0 Å². The monoisotopic (exact) mass is 289 g/mol. The van der Waals surface area contributed by atoms with Gasteiger partial charge in [0.25, 0.3) is 0 Å². The van der Waals surface area contributed by atoms with Gasteiger partial charge in [-0.15, -0.1) is 0 Å². The number of ketones is 1. The first kappa shape index (κ1) is 14.2. The molecule has 4 aliphatic carbocycles. The lowest BCUT2D eigenvalue weighted by atomic mass is 9.39. The van der Waals surface area contributed by atoms with Gasteiger partial charge in [-0.1, -0.05) is 20.3 Å². The van der Waals surface area contributed by atoms with Crippen LogP contribution in [-0.2, 0) is 4.79 Å². The molecule has 2 nitrogen and oxygen atoms in total. The van der Waals surface area contributed by atoms with E-state index >= 15 is 0 Å². The Morgan fingerprint density at radius 1 is 0.952 bits per heavy atom. The maximum atomic E-state index is 13.2. The number of hydrogen-bond donors (Lipinski definition) is 0. The molecule has 2 atom stereocenters. The van der Waals surface area contributed by atoms with Crippen molar-refractivity contribution in [3.8, 4) is 0 Å². The van der Waals surface area contributed by atoms with Crippen molar-refractivity contribution in [3.05, 3.63) is 0 Å². The first-order valence-electron chi connectivity index (χ1n) is 9.16. The van der Waals surface area contributed by atoms with Gasteiger partial charge in [-0.2, -0.15) is 0 Å². The first-order chi connectivity index (χ1) is 9.91. The lowest BCUT2D eigenvalue weighted by Crippen LogP contribution is -2.59. The smallest absolute Gasteiger partial charge is 0.153 e. The average molecular weight is 289 g/mol. The summed E-state index contributed by atoms with van der Waals surface area (Å²) in [5, 5.41) is 0. The Kier molecular flexibility index (Phi) is 3.10. The third-order valence-electron chi connectivity index (χ3n) is 7.03. The summed E-state index contributed by atoms with van der Waals surface area (Å²) < 4.78 is 0. The molecule has 0 unspecified atom stereocenters. The highest BCUT2D eigenvalue weighted by Gasteiger charge is 2.62. The minimum atomic E-state index is 0.0559. The average Bonchev–Trinajstić information content (AvgIpc) is 2.35. The third-order valence-corrected chi connectivity index (χ3v) is 7.03. The normalized spacial score (nSPS) is 49.5. The van der Waals surface area contributed by atoms with Crippen LogP contribution >= 0.6 is 0 Å². The number of carbonyl (C=O) groups is 1. The van der Waals surface area contributed by atoms with Crippen LogP contribution in [0.25, 0.3) is 0 Å². The van der Waals surface area contributed by atoms with Crippen LogP contribution in [0.1, 0.15) is 71.6 Å². The van der Waals surface area contributed by atoms with E-state index in [0.29, 0.717) is 16.6 Å². The van der Waals surface area contributed by atoms with Crippen LogP contribution in [0.2, 0.25) is 0 Å². The highest BCUT2D eigenvalue weighted by Crippen LogP contribution is 2.69. The topological polar surface area (TPSA) is 20.3 Å². The molecular formula is C19H31NO. The Hall–Kier alpha value is -0.370. The molecule has 1 saturated heterocycles. The van der Waals surface area contributed by atoms with Gasteiger partial charge >= 0.3 is 0 Å². The molecule has 4 bridgehead atoms. The van der Waals surface area contributed by atoms with Gasteiger partial charge in [-0.25, -0.2) is 0 Å². The quantitative estimate of drug-likeness (QED) is 0.781. The van der Waals surface area contributed by atoms with Crippen molar-refractivity contribution in [1.29, 1.82) is 0 Å². The molecule has 0 aromatic heterocycles. The highest BCUT2D eigenvalue weighted by molar-refractivity contribution is 5.87. The molecule has 5 rings (SSSR count). The molecule has 118 valence electrons. The largest absolute Gasteiger partial charge is 0.298 e. The number of nitrogens with zero attached hydrogens (tertiary/aromatic N) is 1. The summed E-state index contributed by atoms with van der Waals surface area (Å²) in [6.07, 6.45) is 11.7. The minimum absolute atomic E-state index is 0.0559. The Labute approximate surface area is 129 Å². The van der Waals surface area contributed by atoms with Crippen molar-refractivity contribution in [2.24, 2.45) is 22.2 Å². The van der Waals surface area contributed by atoms with Crippen LogP contribution in [0.15, 0.2) is 0 Å². The summed E-state index contributed by atoms with van der Waals surface area (Å²) in [5.41, 5.74) is 0.984. The van der Waals surface area contributed by atoms with Gasteiger partial charge in [0.05, 0.1) is 6.54 Å². The Balaban J connectivity index is 1.54. The maximum absolute atomic E-state index is 13.2. The van der Waals surface area contributed by atoms with Gasteiger partial charge in [-0.05, 0) is 81.2 Å². The standard InChI is InChI=1S/C19H31NO/c1-17-8-15-9-18(2,12-17)14-19(10-15,13-17)16(21)11-20-6-4-3-5-7-20/h15H,3-14H2,1-2H3/t15?,17-,18-,19?/m1/s1. The van der Waals surface area contributed by atoms with Gasteiger partial charge in [-0.3, -0.25) is 9.69 Å². The van der Waals surface area contributed by atoms with Gasteiger partial charge in [0, 0.05) is 5.41 Å². The van der Waals surface area contributed by atoms with Crippen LogP contribution in [0.4, 0.5) is 0 Å². The summed E-state index contributed by atoms with van der Waals surface area (Å²) in [5.74, 6) is 1.44. The second-order valence-corrected chi connectivity index (χ2v) is 9.67. The number of carbonyl (C=O) groups excluding carboxylic acids is 1. The Morgan fingerprint density at radius 3 is 2.14 bits per heavy atom. The first-order valence-corrected chi connectivity index (χ1v) is 9.16. The highest BCUT2D eigenvalue weighted by atomic mass is 16.1. The summed E-state index contributed by atoms with van der Waals surface area (Å²) in [4.78, 5) is 15.6. The summed E-state index contributed by atoms with van der Waals surface area (Å²) in [7, 11) is 0. The van der Waals surface area contributed by atoms with E-state index in [1.54, 1.807) is 0 Å². The molecule has 5 fully saturated rings. The molecule has 21 heavy (non-hydrogen) atoms. The molecule has 0 radical (unpaired) electrons. The molecule has 5 aliphatic rings. The van der Waals surface area contributed by atoms with E-state index in [0.717, 1.165) is 25.6 Å². The molecular weight excluding hydrogens is 258 g/mol. The lowest BCUT2D eigenvalue weighted by molar-refractivity contribution is -0.169. The molecule has 2 heteroatoms. The Bertz CT molecular complexity index is 432. The van der Waals surface area contributed by atoms with Crippen LogP contribution < -0.4 is 0 Å². The van der Waals surface area contributed by atoms with Gasteiger partial charge in [0.2, 0.25) is 0 Å². The second kappa shape index (κ2) is 4.57. The van der Waals surface area contributed by atoms with E-state index in [2.05, 4.69) is 18.7 Å². The zero-order valence-electron chi connectivity index (χ0n) is 13.9. The fraction of sp³-hybridized carbons (Fsp3) is 0.947. The second-order valence-electron chi connectivity index (χ2n) is 9.67. The number of Topliss-reactive ketones (excluding diaryl/α,β-unsaturated/α-hetero) is 1. The van der Waals surface area contributed by atoms with E-state index in [4.69, 9.17) is 0 Å². The zero-order valence-corrected chi connectivity index (χ0v) is 13.9. The minimum Gasteiger partial charge on any atom is -0.298 e. The molecule has 0 spiro atoms. The summed E-state index contributed by atoms with van der Waals surface area (Å²) in [6.45, 7) is 8.00. The molecule has 0 aromatic carbocycles. The molecule has 0 N–H and O–H groups in total. The molecule has 4 saturated carbocycles. The fourth-order valence-electron chi connectivity index (χ4n) is 7.25. The van der Waals surface area contributed by atoms with Crippen LogP contribution in [-0.4, -0.2) is 30.3 Å². The van der Waals surface area contributed by atoms with E-state index in [9.17, 15) is 4.79 Å². The number of likely N-dealkylation sites (tertiary alicyclic amines) is 1. The SMILES string of the molecule is C[C@]12CC3CC(C(=O)CN4CCCCC4)(C1)C[C@](C)(C3)C2. The van der Waals surface area contributed by atoms with Crippen molar-refractivity contribution in [3.63, 3.8) is 0 Å². The van der Waals surface area contributed by atoms with E-state index in [1.165, 1.54) is 57.8 Å². The third kappa shape index (κ3) is 2.38. The van der Waals surface area contributed by atoms with Gasteiger partial charge in [0.15, 0.2) is 5.78 Å². The molecule has 0 amide bonds. The number of hydrogen-bond acceptors (Lipinski definition) is 2. The van der Waals surface area contributed by atoms with Crippen LogP contribution in [0.5, 0.6) is 0 Å². The number of rotatable bonds is 3. The summed E-state index contributed by atoms with van der Waals surface area (Å²) in [6, 6.07) is 0. The van der Waals surface area contributed by atoms with E-state index in [1.807, 2.05) is 0 Å². The molecule has 0 aromatic rings. The van der Waals surface area contributed by atoms with Crippen molar-refractivity contribution in [2.75, 3.05) is 19.6 Å². The van der Waals surface area contributed by atoms with Gasteiger partial charge in [0.1, 0.15) is 0 Å². The van der Waals surface area contributed by atoms with Crippen molar-refractivity contribution >= 4 is 5.78 Å². The molecule has 1 heterocycles. The van der Waals surface area contributed by atoms with Crippen LogP contribution in [0, 0.1) is 22.2 Å². The van der Waals surface area contributed by atoms with E-state index in [-0.39, 0.29) is 5.41 Å². The summed E-state index contributed by atoms with van der Waals surface area (Å²) >= 11 is 0. The van der Waals surface area contributed by atoms with Crippen molar-refractivity contribution in [1.82, 2.24) is 4.90 Å². The van der Waals surface area contributed by atoms with Crippen LogP contribution in [0.3, 0.4) is 0 Å². The Morgan fingerprint density at radius 2 is 1.57 bits per heavy atom. The van der Waals surface area contributed by atoms with Crippen molar-refractivity contribution in [2.45, 2.75) is 71.6 Å².